The van der Waals surface area contributed by atoms with Gasteiger partial charge in [-0.15, -0.1) is 0 Å². The second-order valence-corrected chi connectivity index (χ2v) is 5.46. The Morgan fingerprint density at radius 2 is 2.15 bits per heavy atom. The van der Waals surface area contributed by atoms with E-state index in [1.807, 2.05) is 32.0 Å². The molecule has 4 N–H and O–H groups in total. The zero-order valence-corrected chi connectivity index (χ0v) is 11.9. The van der Waals surface area contributed by atoms with Gasteiger partial charge in [0.05, 0.1) is 0 Å². The molecule has 0 radical (unpaired) electrons. The fourth-order valence-corrected chi connectivity index (χ4v) is 2.88. The van der Waals surface area contributed by atoms with Gasteiger partial charge in [0, 0.05) is 17.5 Å². The predicted molar refractivity (Wildman–Crippen MR) is 77.9 cm³/mol. The van der Waals surface area contributed by atoms with E-state index < -0.39 is 0 Å². The number of nitrogens with one attached hydrogen (secondary N) is 1. The predicted octanol–water partition coefficient (Wildman–Crippen LogP) is 1.95. The molecular weight excluding hydrogens is 254 g/mol. The molecule has 1 saturated carbocycles. The molecule has 20 heavy (non-hydrogen) atoms. The van der Waals surface area contributed by atoms with Crippen molar-refractivity contribution in [3.63, 3.8) is 0 Å². The molecule has 1 aromatic carbocycles. The summed E-state index contributed by atoms with van der Waals surface area (Å²) in [6.45, 7) is 3.93. The number of carbonyl (C=O) groups is 1. The van der Waals surface area contributed by atoms with E-state index in [1.54, 1.807) is 0 Å². The highest BCUT2D eigenvalue weighted by molar-refractivity contribution is 5.96. The molecule has 0 bridgehead atoms. The van der Waals surface area contributed by atoms with Crippen molar-refractivity contribution in [2.24, 2.45) is 16.8 Å². The summed E-state index contributed by atoms with van der Waals surface area (Å²) in [6.07, 6.45) is 2.67. The molecule has 1 fully saturated rings. The number of hydrogen-bond donors (Lipinski definition) is 3. The molecule has 2 unspecified atom stereocenters. The maximum atomic E-state index is 12.3. The van der Waals surface area contributed by atoms with Crippen LogP contribution in [0.15, 0.2) is 23.4 Å². The quantitative estimate of drug-likeness (QED) is 0.341. The van der Waals surface area contributed by atoms with Crippen LogP contribution < -0.4 is 11.1 Å². The van der Waals surface area contributed by atoms with Crippen LogP contribution in [-0.4, -0.2) is 23.0 Å². The van der Waals surface area contributed by atoms with E-state index in [9.17, 15) is 4.79 Å². The van der Waals surface area contributed by atoms with Crippen LogP contribution in [0.5, 0.6) is 0 Å². The van der Waals surface area contributed by atoms with E-state index in [4.69, 9.17) is 10.9 Å². The summed E-state index contributed by atoms with van der Waals surface area (Å²) < 4.78 is 0. The SMILES string of the molecule is Cc1ccc(C(=O)NC2CCCC2C(N)=NO)c(C)c1. The first kappa shape index (κ1) is 14.4. The normalized spacial score (nSPS) is 22.8. The third kappa shape index (κ3) is 2.92. The largest absolute Gasteiger partial charge is 0.409 e. The second kappa shape index (κ2) is 5.94. The van der Waals surface area contributed by atoms with E-state index in [2.05, 4.69) is 10.5 Å². The average Bonchev–Trinajstić information content (AvgIpc) is 2.85. The Bertz CT molecular complexity index is 540. The Labute approximate surface area is 118 Å². The van der Waals surface area contributed by atoms with Crippen LogP contribution >= 0.6 is 0 Å². The molecule has 2 rings (SSSR count). The molecule has 0 aliphatic heterocycles. The number of rotatable bonds is 3. The van der Waals surface area contributed by atoms with Crippen molar-refractivity contribution < 1.29 is 10.0 Å². The molecule has 0 heterocycles. The lowest BCUT2D eigenvalue weighted by atomic mass is 10.0. The molecule has 1 aliphatic carbocycles. The zero-order chi connectivity index (χ0) is 14.7. The maximum Gasteiger partial charge on any atom is 0.251 e. The Hall–Kier alpha value is -2.04. The first-order chi connectivity index (χ1) is 9.52. The van der Waals surface area contributed by atoms with Crippen molar-refractivity contribution in [2.45, 2.75) is 39.2 Å². The van der Waals surface area contributed by atoms with Gasteiger partial charge in [0.2, 0.25) is 0 Å². The lowest BCUT2D eigenvalue weighted by Gasteiger charge is -2.20. The summed E-state index contributed by atoms with van der Waals surface area (Å²) in [4.78, 5) is 12.3. The monoisotopic (exact) mass is 275 g/mol. The topological polar surface area (TPSA) is 87.7 Å². The number of benzene rings is 1. The molecule has 1 aromatic rings. The van der Waals surface area contributed by atoms with Gasteiger partial charge < -0.3 is 16.3 Å². The van der Waals surface area contributed by atoms with Gasteiger partial charge in [-0.05, 0) is 38.3 Å². The molecular formula is C15H21N3O2. The van der Waals surface area contributed by atoms with Gasteiger partial charge in [0.25, 0.3) is 5.91 Å². The van der Waals surface area contributed by atoms with Crippen molar-refractivity contribution in [3.8, 4) is 0 Å². The molecule has 0 aromatic heterocycles. The van der Waals surface area contributed by atoms with Crippen LogP contribution in [0, 0.1) is 19.8 Å². The van der Waals surface area contributed by atoms with Crippen molar-refractivity contribution >= 4 is 11.7 Å². The van der Waals surface area contributed by atoms with Crippen molar-refractivity contribution in [1.82, 2.24) is 5.32 Å². The summed E-state index contributed by atoms with van der Waals surface area (Å²) in [5.41, 5.74) is 8.46. The third-order valence-electron chi connectivity index (χ3n) is 3.95. The lowest BCUT2D eigenvalue weighted by molar-refractivity contribution is 0.0932. The van der Waals surface area contributed by atoms with Gasteiger partial charge in [-0.25, -0.2) is 0 Å². The average molecular weight is 275 g/mol. The van der Waals surface area contributed by atoms with Crippen molar-refractivity contribution in [1.29, 1.82) is 0 Å². The number of amides is 1. The molecule has 1 aliphatic rings. The lowest BCUT2D eigenvalue weighted by Crippen LogP contribution is -2.42. The molecule has 108 valence electrons. The Kier molecular flexibility index (Phi) is 4.27. The number of nitrogens with two attached hydrogens (primary N) is 1. The Balaban J connectivity index is 2.11. The van der Waals surface area contributed by atoms with E-state index in [0.29, 0.717) is 5.56 Å². The fraction of sp³-hybridized carbons (Fsp3) is 0.467. The van der Waals surface area contributed by atoms with Crippen molar-refractivity contribution in [3.05, 3.63) is 34.9 Å². The number of hydrogen-bond acceptors (Lipinski definition) is 3. The first-order valence-corrected chi connectivity index (χ1v) is 6.88. The number of aryl methyl sites for hydroxylation is 2. The van der Waals surface area contributed by atoms with Crippen LogP contribution in [0.2, 0.25) is 0 Å². The van der Waals surface area contributed by atoms with Crippen LogP contribution in [0.3, 0.4) is 0 Å². The fourth-order valence-electron chi connectivity index (χ4n) is 2.88. The van der Waals surface area contributed by atoms with Crippen LogP contribution in [0.1, 0.15) is 40.7 Å². The van der Waals surface area contributed by atoms with Crippen LogP contribution in [0.4, 0.5) is 0 Å². The Morgan fingerprint density at radius 3 is 2.80 bits per heavy atom. The summed E-state index contributed by atoms with van der Waals surface area (Å²) in [5.74, 6) is 0.0354. The van der Waals surface area contributed by atoms with E-state index in [1.165, 1.54) is 0 Å². The highest BCUT2D eigenvalue weighted by Crippen LogP contribution is 2.26. The minimum Gasteiger partial charge on any atom is -0.409 e. The van der Waals surface area contributed by atoms with Gasteiger partial charge in [-0.3, -0.25) is 4.79 Å². The van der Waals surface area contributed by atoms with Gasteiger partial charge >= 0.3 is 0 Å². The van der Waals surface area contributed by atoms with Crippen LogP contribution in [0.25, 0.3) is 0 Å². The molecule has 5 nitrogen and oxygen atoms in total. The minimum atomic E-state index is -0.0925. The van der Waals surface area contributed by atoms with E-state index >= 15 is 0 Å². The summed E-state index contributed by atoms with van der Waals surface area (Å²) >= 11 is 0. The third-order valence-corrected chi connectivity index (χ3v) is 3.95. The zero-order valence-electron chi connectivity index (χ0n) is 11.9. The van der Waals surface area contributed by atoms with Gasteiger partial charge in [0.15, 0.2) is 0 Å². The van der Waals surface area contributed by atoms with Gasteiger partial charge in [-0.1, -0.05) is 29.3 Å². The van der Waals surface area contributed by atoms with E-state index in [-0.39, 0.29) is 23.7 Å². The van der Waals surface area contributed by atoms with Gasteiger partial charge in [0.1, 0.15) is 5.84 Å². The molecule has 0 spiro atoms. The second-order valence-electron chi connectivity index (χ2n) is 5.46. The first-order valence-electron chi connectivity index (χ1n) is 6.88. The number of oxime groups is 1. The summed E-state index contributed by atoms with van der Waals surface area (Å²) in [7, 11) is 0. The smallest absolute Gasteiger partial charge is 0.251 e. The highest BCUT2D eigenvalue weighted by Gasteiger charge is 2.32. The van der Waals surface area contributed by atoms with E-state index in [0.717, 1.165) is 30.4 Å². The number of carbonyl (C=O) groups excluding carboxylic acids is 1. The standard InChI is InChI=1S/C15H21N3O2/c1-9-6-7-11(10(2)8-9)15(19)17-13-5-3-4-12(13)14(16)18-20/h6-8,12-13,20H,3-5H2,1-2H3,(H2,16,18)(H,17,19). The molecule has 0 saturated heterocycles. The number of nitrogens with zero attached hydrogens (tertiary/aromatic N) is 1. The Morgan fingerprint density at radius 1 is 1.40 bits per heavy atom. The minimum absolute atomic E-state index is 0.0564. The molecule has 1 amide bonds. The molecule has 5 heteroatoms. The van der Waals surface area contributed by atoms with Crippen molar-refractivity contribution in [2.75, 3.05) is 0 Å². The highest BCUT2D eigenvalue weighted by atomic mass is 16.4. The number of amidine groups is 1. The summed E-state index contributed by atoms with van der Waals surface area (Å²) in [5, 5.41) is 14.9. The molecule has 2 atom stereocenters. The van der Waals surface area contributed by atoms with Gasteiger partial charge in [-0.2, -0.15) is 0 Å². The summed E-state index contributed by atoms with van der Waals surface area (Å²) in [6, 6.07) is 5.70. The maximum absolute atomic E-state index is 12.3. The van der Waals surface area contributed by atoms with Crippen LogP contribution in [-0.2, 0) is 0 Å².